The van der Waals surface area contributed by atoms with Gasteiger partial charge in [-0.2, -0.15) is 4.80 Å². The van der Waals surface area contributed by atoms with Crippen molar-refractivity contribution in [3.8, 4) is 11.4 Å². The van der Waals surface area contributed by atoms with Crippen LogP contribution < -0.4 is 10.2 Å². The van der Waals surface area contributed by atoms with E-state index >= 15 is 0 Å². The molecule has 5 rings (SSSR count). The van der Waals surface area contributed by atoms with Gasteiger partial charge in [0.25, 0.3) is 5.91 Å². The summed E-state index contributed by atoms with van der Waals surface area (Å²) in [5.74, 6) is -0.739. The normalized spacial score (nSPS) is 14.3. The molecule has 0 bridgehead atoms. The average Bonchev–Trinajstić information content (AvgIpc) is 3.61. The van der Waals surface area contributed by atoms with E-state index in [0.29, 0.717) is 16.8 Å². The topological polar surface area (TPSA) is 106 Å². The highest BCUT2D eigenvalue weighted by Crippen LogP contribution is 2.31. The second-order valence-corrected chi connectivity index (χ2v) is 9.37. The van der Waals surface area contributed by atoms with E-state index < -0.39 is 6.04 Å². The third-order valence-electron chi connectivity index (χ3n) is 6.71. The van der Waals surface area contributed by atoms with Crippen LogP contribution in [0.3, 0.4) is 0 Å². The molecule has 194 valence electrons. The van der Waals surface area contributed by atoms with Gasteiger partial charge in [-0.25, -0.2) is 4.39 Å². The van der Waals surface area contributed by atoms with Crippen LogP contribution in [0.2, 0.25) is 0 Å². The Morgan fingerprint density at radius 1 is 1.05 bits per heavy atom. The van der Waals surface area contributed by atoms with Crippen molar-refractivity contribution in [3.05, 3.63) is 90.0 Å². The van der Waals surface area contributed by atoms with Crippen LogP contribution in [0.4, 0.5) is 10.1 Å². The summed E-state index contributed by atoms with van der Waals surface area (Å²) in [5.41, 5.74) is 2.67. The van der Waals surface area contributed by atoms with E-state index in [4.69, 9.17) is 0 Å². The zero-order valence-corrected chi connectivity index (χ0v) is 21.0. The molecule has 2 amide bonds. The van der Waals surface area contributed by atoms with Gasteiger partial charge in [-0.05, 0) is 78.6 Å². The van der Waals surface area contributed by atoms with Gasteiger partial charge >= 0.3 is 0 Å². The van der Waals surface area contributed by atoms with Crippen LogP contribution in [-0.4, -0.2) is 43.0 Å². The van der Waals surface area contributed by atoms with Gasteiger partial charge in [-0.15, -0.1) is 10.2 Å². The monoisotopic (exact) mass is 513 g/mol. The van der Waals surface area contributed by atoms with Crippen molar-refractivity contribution in [2.45, 2.75) is 51.2 Å². The van der Waals surface area contributed by atoms with Crippen molar-refractivity contribution >= 4 is 17.5 Å². The molecule has 1 saturated carbocycles. The quantitative estimate of drug-likeness (QED) is 0.382. The second-order valence-electron chi connectivity index (χ2n) is 9.37. The molecule has 2 heterocycles. The van der Waals surface area contributed by atoms with E-state index in [-0.39, 0.29) is 36.0 Å². The van der Waals surface area contributed by atoms with Crippen LogP contribution in [0.5, 0.6) is 0 Å². The third-order valence-corrected chi connectivity index (χ3v) is 6.71. The predicted molar refractivity (Wildman–Crippen MR) is 139 cm³/mol. The summed E-state index contributed by atoms with van der Waals surface area (Å²) in [7, 11) is 0. The lowest BCUT2D eigenvalue weighted by Gasteiger charge is -2.33. The Hall–Kier alpha value is -4.47. The van der Waals surface area contributed by atoms with Gasteiger partial charge in [-0.1, -0.05) is 31.0 Å². The number of halogens is 1. The molecule has 1 aliphatic carbocycles. The Morgan fingerprint density at radius 2 is 1.76 bits per heavy atom. The van der Waals surface area contributed by atoms with Crippen LogP contribution in [-0.2, 0) is 16.1 Å². The first kappa shape index (κ1) is 25.2. The van der Waals surface area contributed by atoms with E-state index in [1.54, 1.807) is 36.7 Å². The van der Waals surface area contributed by atoms with Gasteiger partial charge in [0.05, 0.1) is 0 Å². The molecule has 10 heteroatoms. The van der Waals surface area contributed by atoms with E-state index in [1.165, 1.54) is 21.8 Å². The zero-order valence-electron chi connectivity index (χ0n) is 21.0. The highest BCUT2D eigenvalue weighted by Gasteiger charge is 2.35. The molecule has 0 radical (unpaired) electrons. The molecule has 1 fully saturated rings. The minimum absolute atomic E-state index is 0.0795. The molecule has 4 aromatic rings. The zero-order chi connectivity index (χ0) is 26.5. The van der Waals surface area contributed by atoms with Crippen LogP contribution >= 0.6 is 0 Å². The third kappa shape index (κ3) is 5.59. The lowest BCUT2D eigenvalue weighted by Crippen LogP contribution is -2.47. The fourth-order valence-electron chi connectivity index (χ4n) is 4.79. The van der Waals surface area contributed by atoms with Crippen LogP contribution in [0.25, 0.3) is 11.4 Å². The van der Waals surface area contributed by atoms with Gasteiger partial charge in [-0.3, -0.25) is 19.5 Å². The number of hydrogen-bond acceptors (Lipinski definition) is 6. The van der Waals surface area contributed by atoms with E-state index in [2.05, 4.69) is 25.7 Å². The molecular weight excluding hydrogens is 485 g/mol. The number of tetrazole rings is 1. The van der Waals surface area contributed by atoms with Crippen molar-refractivity contribution in [3.63, 3.8) is 0 Å². The molecule has 2 aromatic heterocycles. The SMILES string of the molecule is Cc1ccccc1N(C(=O)Cn1nnc(-c2ccc(F)cc2)n1)[C@@H](C(=O)NC1CCCC1)c1ccncc1. The summed E-state index contributed by atoms with van der Waals surface area (Å²) in [6.07, 6.45) is 7.20. The number of aryl methyl sites for hydroxylation is 1. The number of hydrogen-bond donors (Lipinski definition) is 1. The number of pyridine rings is 1. The molecule has 1 aliphatic rings. The number of nitrogens with one attached hydrogen (secondary N) is 1. The molecule has 1 atom stereocenters. The summed E-state index contributed by atoms with van der Waals surface area (Å²) in [6.45, 7) is 1.65. The maximum absolute atomic E-state index is 14.0. The number of anilines is 1. The number of carbonyl (C=O) groups is 2. The lowest BCUT2D eigenvalue weighted by molar-refractivity contribution is -0.127. The fourth-order valence-corrected chi connectivity index (χ4v) is 4.79. The van der Waals surface area contributed by atoms with E-state index in [0.717, 1.165) is 31.2 Å². The van der Waals surface area contributed by atoms with Crippen LogP contribution in [0.15, 0.2) is 73.1 Å². The highest BCUT2D eigenvalue weighted by molar-refractivity contribution is 6.01. The number of aromatic nitrogens is 5. The maximum Gasteiger partial charge on any atom is 0.251 e. The molecule has 0 aliphatic heterocycles. The first-order chi connectivity index (χ1) is 18.5. The molecule has 0 spiro atoms. The molecule has 1 N–H and O–H groups in total. The number of para-hydroxylation sites is 1. The van der Waals surface area contributed by atoms with Gasteiger partial charge in [0.2, 0.25) is 11.7 Å². The van der Waals surface area contributed by atoms with Crippen LogP contribution in [0.1, 0.15) is 42.9 Å². The van der Waals surface area contributed by atoms with Crippen molar-refractivity contribution in [2.75, 3.05) is 4.90 Å². The Labute approximate surface area is 219 Å². The maximum atomic E-state index is 14.0. The minimum atomic E-state index is -0.924. The molecule has 2 aromatic carbocycles. The standard InChI is InChI=1S/C28H28FN7O2/c1-19-6-2-5-9-24(19)36(25(37)18-35-33-27(32-34-35)21-10-12-22(29)13-11-21)26(20-14-16-30-17-15-20)28(38)31-23-7-3-4-8-23/h2,5-6,9-17,23,26H,3-4,7-8,18H2,1H3,(H,31,38)/t26-/m1/s1. The predicted octanol–water partition coefficient (Wildman–Crippen LogP) is 4.02. The first-order valence-electron chi connectivity index (χ1n) is 12.6. The summed E-state index contributed by atoms with van der Waals surface area (Å²) in [4.78, 5) is 34.6. The van der Waals surface area contributed by atoms with Crippen molar-refractivity contribution in [1.82, 2.24) is 30.5 Å². The smallest absolute Gasteiger partial charge is 0.251 e. The largest absolute Gasteiger partial charge is 0.351 e. The Kier molecular flexibility index (Phi) is 7.48. The van der Waals surface area contributed by atoms with E-state index in [9.17, 15) is 14.0 Å². The molecule has 0 unspecified atom stereocenters. The fraction of sp³-hybridized carbons (Fsp3) is 0.286. The van der Waals surface area contributed by atoms with Gasteiger partial charge in [0, 0.05) is 29.7 Å². The summed E-state index contributed by atoms with van der Waals surface area (Å²) < 4.78 is 13.3. The highest BCUT2D eigenvalue weighted by atomic mass is 19.1. The lowest BCUT2D eigenvalue weighted by atomic mass is 10.0. The van der Waals surface area contributed by atoms with Crippen LogP contribution in [0, 0.1) is 12.7 Å². The number of rotatable bonds is 8. The number of nitrogens with zero attached hydrogens (tertiary/aromatic N) is 6. The average molecular weight is 514 g/mol. The Balaban J connectivity index is 1.50. The number of carbonyl (C=O) groups excluding carboxylic acids is 2. The molecule has 38 heavy (non-hydrogen) atoms. The number of benzene rings is 2. The minimum Gasteiger partial charge on any atom is -0.351 e. The van der Waals surface area contributed by atoms with Gasteiger partial charge < -0.3 is 5.32 Å². The molecule has 9 nitrogen and oxygen atoms in total. The molecule has 0 saturated heterocycles. The summed E-state index contributed by atoms with van der Waals surface area (Å²) in [6, 6.07) is 15.8. The summed E-state index contributed by atoms with van der Waals surface area (Å²) >= 11 is 0. The van der Waals surface area contributed by atoms with Crippen molar-refractivity contribution in [2.24, 2.45) is 0 Å². The summed E-state index contributed by atoms with van der Waals surface area (Å²) in [5, 5.41) is 15.5. The first-order valence-corrected chi connectivity index (χ1v) is 12.6. The van der Waals surface area contributed by atoms with E-state index in [1.807, 2.05) is 31.2 Å². The second kappa shape index (κ2) is 11.3. The number of amides is 2. The van der Waals surface area contributed by atoms with Crippen molar-refractivity contribution < 1.29 is 14.0 Å². The van der Waals surface area contributed by atoms with Crippen molar-refractivity contribution in [1.29, 1.82) is 0 Å². The Bertz CT molecular complexity index is 1400. The Morgan fingerprint density at radius 3 is 2.47 bits per heavy atom. The molecular formula is C28H28FN7O2. The van der Waals surface area contributed by atoms with Gasteiger partial charge in [0.1, 0.15) is 18.4 Å². The van der Waals surface area contributed by atoms with Gasteiger partial charge in [0.15, 0.2) is 0 Å².